The Morgan fingerprint density at radius 2 is 1.88 bits per heavy atom. The molecule has 25 heavy (non-hydrogen) atoms. The van der Waals surface area contributed by atoms with Crippen LogP contribution in [-0.4, -0.2) is 52.0 Å². The largest absolute Gasteiger partial charge is 0.476 e. The van der Waals surface area contributed by atoms with Crippen LogP contribution in [-0.2, 0) is 4.74 Å². The van der Waals surface area contributed by atoms with E-state index in [-0.39, 0.29) is 5.69 Å². The van der Waals surface area contributed by atoms with Crippen LogP contribution in [0.3, 0.4) is 0 Å². The third-order valence-electron chi connectivity index (χ3n) is 4.10. The summed E-state index contributed by atoms with van der Waals surface area (Å²) < 4.78 is 6.99. The minimum atomic E-state index is -1.08. The van der Waals surface area contributed by atoms with Crippen molar-refractivity contribution in [2.75, 3.05) is 31.2 Å². The number of rotatable bonds is 3. The zero-order valence-electron chi connectivity index (χ0n) is 13.2. The average molecular weight is 359 g/mol. The zero-order valence-corrected chi connectivity index (χ0v) is 14.0. The molecular weight excluding hydrogens is 344 g/mol. The van der Waals surface area contributed by atoms with Crippen molar-refractivity contribution >= 4 is 29.0 Å². The second-order valence-electron chi connectivity index (χ2n) is 5.71. The Morgan fingerprint density at radius 3 is 2.56 bits per heavy atom. The van der Waals surface area contributed by atoms with Gasteiger partial charge < -0.3 is 14.7 Å². The van der Waals surface area contributed by atoms with Crippen LogP contribution in [0.4, 0.5) is 5.82 Å². The smallest absolute Gasteiger partial charge is 0.356 e. The molecule has 0 amide bonds. The fourth-order valence-electron chi connectivity index (χ4n) is 2.85. The minimum Gasteiger partial charge on any atom is -0.476 e. The summed E-state index contributed by atoms with van der Waals surface area (Å²) in [5, 5.41) is 14.1. The summed E-state index contributed by atoms with van der Waals surface area (Å²) in [5.41, 5.74) is 2.10. The predicted molar refractivity (Wildman–Crippen MR) is 93.4 cm³/mol. The van der Waals surface area contributed by atoms with Crippen LogP contribution >= 0.6 is 11.6 Å². The number of hydrogen-bond donors (Lipinski definition) is 1. The second-order valence-corrected chi connectivity index (χ2v) is 6.15. The van der Waals surface area contributed by atoms with Gasteiger partial charge in [-0.2, -0.15) is 9.61 Å². The number of halogens is 1. The highest BCUT2D eigenvalue weighted by Gasteiger charge is 2.19. The fourth-order valence-corrected chi connectivity index (χ4v) is 2.98. The Kier molecular flexibility index (Phi) is 4.03. The summed E-state index contributed by atoms with van der Waals surface area (Å²) in [5.74, 6) is -0.280. The number of hydrogen-bond acceptors (Lipinski definition) is 5. The van der Waals surface area contributed by atoms with Crippen molar-refractivity contribution in [2.45, 2.75) is 0 Å². The first-order chi connectivity index (χ1) is 12.1. The molecule has 1 aliphatic rings. The van der Waals surface area contributed by atoms with Gasteiger partial charge in [-0.05, 0) is 12.1 Å². The first-order valence-corrected chi connectivity index (χ1v) is 8.22. The van der Waals surface area contributed by atoms with Gasteiger partial charge in [0.2, 0.25) is 0 Å². The lowest BCUT2D eigenvalue weighted by Gasteiger charge is -2.29. The number of carboxylic acid groups (broad SMARTS) is 1. The maximum atomic E-state index is 11.3. The lowest BCUT2D eigenvalue weighted by molar-refractivity contribution is 0.0690. The summed E-state index contributed by atoms with van der Waals surface area (Å²) in [7, 11) is 0. The minimum absolute atomic E-state index is 0.0322. The number of nitrogens with zero attached hydrogens (tertiary/aromatic N) is 4. The molecular formula is C17H15ClN4O3. The molecule has 3 aromatic rings. The van der Waals surface area contributed by atoms with Gasteiger partial charge in [-0.25, -0.2) is 9.78 Å². The molecule has 0 bridgehead atoms. The van der Waals surface area contributed by atoms with E-state index < -0.39 is 5.97 Å². The molecule has 0 aliphatic carbocycles. The Labute approximate surface area is 148 Å². The summed E-state index contributed by atoms with van der Waals surface area (Å²) in [6.45, 7) is 2.66. The van der Waals surface area contributed by atoms with Crippen molar-refractivity contribution < 1.29 is 14.6 Å². The van der Waals surface area contributed by atoms with Gasteiger partial charge in [0.15, 0.2) is 11.3 Å². The monoisotopic (exact) mass is 358 g/mol. The van der Waals surface area contributed by atoms with Crippen LogP contribution in [0.25, 0.3) is 16.9 Å². The maximum Gasteiger partial charge on any atom is 0.356 e. The Hall–Kier alpha value is -2.64. The summed E-state index contributed by atoms with van der Waals surface area (Å²) in [6.07, 6.45) is 0. The molecule has 128 valence electrons. The highest BCUT2D eigenvalue weighted by molar-refractivity contribution is 6.30. The molecule has 2 aromatic heterocycles. The molecule has 1 aliphatic heterocycles. The molecule has 0 atom stereocenters. The standard InChI is InChI=1S/C17H15ClN4O3/c18-12-3-1-11(2-4-12)13-10-16(21-5-7-25-8-6-21)22-15(19-13)9-14(20-22)17(23)24/h1-4,9-10H,5-8H2,(H,23,24). The van der Waals surface area contributed by atoms with Crippen molar-refractivity contribution in [3.63, 3.8) is 0 Å². The van der Waals surface area contributed by atoms with E-state index in [4.69, 9.17) is 16.3 Å². The highest BCUT2D eigenvalue weighted by Crippen LogP contribution is 2.26. The number of anilines is 1. The number of ether oxygens (including phenoxy) is 1. The topological polar surface area (TPSA) is 80.0 Å². The van der Waals surface area contributed by atoms with Gasteiger partial charge in [-0.15, -0.1) is 0 Å². The number of aromatic carboxylic acids is 1. The molecule has 0 spiro atoms. The van der Waals surface area contributed by atoms with Gasteiger partial charge >= 0.3 is 5.97 Å². The molecule has 0 unspecified atom stereocenters. The highest BCUT2D eigenvalue weighted by atomic mass is 35.5. The molecule has 4 rings (SSSR count). The number of benzene rings is 1. The molecule has 1 aromatic carbocycles. The average Bonchev–Trinajstić information content (AvgIpc) is 3.07. The Balaban J connectivity index is 1.89. The maximum absolute atomic E-state index is 11.3. The number of aromatic nitrogens is 3. The van der Waals surface area contributed by atoms with Gasteiger partial charge in [0, 0.05) is 35.8 Å². The molecule has 7 nitrogen and oxygen atoms in total. The van der Waals surface area contributed by atoms with Crippen LogP contribution in [0, 0.1) is 0 Å². The number of morpholine rings is 1. The van der Waals surface area contributed by atoms with Crippen LogP contribution in [0.5, 0.6) is 0 Å². The summed E-state index contributed by atoms with van der Waals surface area (Å²) in [6, 6.07) is 10.8. The zero-order chi connectivity index (χ0) is 17.4. The quantitative estimate of drug-likeness (QED) is 0.775. The van der Waals surface area contributed by atoms with Crippen LogP contribution in [0.15, 0.2) is 36.4 Å². The van der Waals surface area contributed by atoms with E-state index >= 15 is 0 Å². The van der Waals surface area contributed by atoms with Crippen LogP contribution < -0.4 is 4.90 Å². The van der Waals surface area contributed by atoms with E-state index in [1.54, 1.807) is 16.6 Å². The third-order valence-corrected chi connectivity index (χ3v) is 4.35. The Bertz CT molecular complexity index is 933. The molecule has 0 saturated carbocycles. The Morgan fingerprint density at radius 1 is 1.16 bits per heavy atom. The van der Waals surface area contributed by atoms with Gasteiger partial charge in [0.1, 0.15) is 5.82 Å². The lowest BCUT2D eigenvalue weighted by atomic mass is 10.1. The fraction of sp³-hybridized carbons (Fsp3) is 0.235. The molecule has 1 fully saturated rings. The van der Waals surface area contributed by atoms with Crippen molar-refractivity contribution in [3.05, 3.63) is 47.1 Å². The van der Waals surface area contributed by atoms with Gasteiger partial charge in [0.05, 0.1) is 18.9 Å². The van der Waals surface area contributed by atoms with Gasteiger partial charge in [-0.1, -0.05) is 23.7 Å². The summed E-state index contributed by atoms with van der Waals surface area (Å²) >= 11 is 5.96. The SMILES string of the molecule is O=C(O)c1cc2nc(-c3ccc(Cl)cc3)cc(N3CCOCC3)n2n1. The predicted octanol–water partition coefficient (Wildman–Crippen LogP) is 2.58. The van der Waals surface area contributed by atoms with Crippen molar-refractivity contribution in [3.8, 4) is 11.3 Å². The van der Waals surface area contributed by atoms with E-state index in [0.717, 1.165) is 17.1 Å². The van der Waals surface area contributed by atoms with Gasteiger partial charge in [-0.3, -0.25) is 0 Å². The molecule has 1 saturated heterocycles. The third kappa shape index (κ3) is 3.04. The van der Waals surface area contributed by atoms with Crippen LogP contribution in [0.2, 0.25) is 5.02 Å². The van der Waals surface area contributed by atoms with E-state index in [1.807, 2.05) is 18.2 Å². The number of carbonyl (C=O) groups is 1. The molecule has 1 N–H and O–H groups in total. The normalized spacial score (nSPS) is 14.8. The van der Waals surface area contributed by atoms with Crippen LogP contribution in [0.1, 0.15) is 10.5 Å². The van der Waals surface area contributed by atoms with E-state index in [2.05, 4.69) is 15.0 Å². The molecule has 8 heteroatoms. The van der Waals surface area contributed by atoms with Crippen molar-refractivity contribution in [1.29, 1.82) is 0 Å². The first kappa shape index (κ1) is 15.9. The second kappa shape index (κ2) is 6.34. The lowest BCUT2D eigenvalue weighted by Crippen LogP contribution is -2.37. The van der Waals surface area contributed by atoms with E-state index in [9.17, 15) is 9.90 Å². The molecule has 0 radical (unpaired) electrons. The van der Waals surface area contributed by atoms with Crippen molar-refractivity contribution in [2.24, 2.45) is 0 Å². The van der Waals surface area contributed by atoms with Crippen molar-refractivity contribution in [1.82, 2.24) is 14.6 Å². The van der Waals surface area contributed by atoms with Gasteiger partial charge in [0.25, 0.3) is 0 Å². The molecule has 3 heterocycles. The number of carboxylic acids is 1. The van der Waals surface area contributed by atoms with E-state index in [1.165, 1.54) is 6.07 Å². The number of fused-ring (bicyclic) bond motifs is 1. The summed E-state index contributed by atoms with van der Waals surface area (Å²) in [4.78, 5) is 18.0. The first-order valence-electron chi connectivity index (χ1n) is 7.84. The van der Waals surface area contributed by atoms with E-state index in [0.29, 0.717) is 37.0 Å².